The maximum Gasteiger partial charge on any atom is 0.408 e. The summed E-state index contributed by atoms with van der Waals surface area (Å²) in [5.74, 6) is -1.05. The molecule has 0 aromatic heterocycles. The molecule has 1 aromatic rings. The van der Waals surface area contributed by atoms with Crippen molar-refractivity contribution in [2.45, 2.75) is 38.8 Å². The number of amides is 1. The Balaban J connectivity index is 3.01. The molecular weight excluding hydrogens is 320 g/mol. The first-order valence-electron chi connectivity index (χ1n) is 7.07. The Morgan fingerprint density at radius 3 is 2.50 bits per heavy atom. The maximum absolute atomic E-state index is 11.9. The van der Waals surface area contributed by atoms with E-state index in [4.69, 9.17) is 4.74 Å². The molecule has 0 aliphatic heterocycles. The third kappa shape index (κ3) is 5.75. The Morgan fingerprint density at radius 2 is 2.00 bits per heavy atom. The minimum atomic E-state index is -1.17. The molecule has 0 aliphatic carbocycles. The molecule has 0 radical (unpaired) electrons. The number of ether oxygens (including phenoxy) is 2. The molecule has 0 aliphatic rings. The van der Waals surface area contributed by atoms with Crippen LogP contribution in [0.25, 0.3) is 0 Å². The summed E-state index contributed by atoms with van der Waals surface area (Å²) in [7, 11) is 1.14. The van der Waals surface area contributed by atoms with Crippen LogP contribution in [0, 0.1) is 10.1 Å². The number of hydrogen-bond donors (Lipinski definition) is 2. The summed E-state index contributed by atoms with van der Waals surface area (Å²) in [6.45, 7) is 4.97. The van der Waals surface area contributed by atoms with Crippen molar-refractivity contribution in [3.63, 3.8) is 0 Å². The number of aromatic hydroxyl groups is 1. The van der Waals surface area contributed by atoms with Crippen LogP contribution < -0.4 is 5.32 Å². The molecule has 132 valence electrons. The first-order valence-corrected chi connectivity index (χ1v) is 7.07. The third-order valence-electron chi connectivity index (χ3n) is 2.87. The number of nitro benzene ring substituents is 1. The monoisotopic (exact) mass is 340 g/mol. The van der Waals surface area contributed by atoms with Gasteiger partial charge in [-0.15, -0.1) is 0 Å². The average Bonchev–Trinajstić information content (AvgIpc) is 2.45. The molecule has 0 saturated carbocycles. The van der Waals surface area contributed by atoms with Crippen molar-refractivity contribution in [2.24, 2.45) is 0 Å². The number of benzene rings is 1. The second-order valence-corrected chi connectivity index (χ2v) is 6.00. The Hall–Kier alpha value is -2.84. The maximum atomic E-state index is 11.9. The van der Waals surface area contributed by atoms with Gasteiger partial charge in [-0.1, -0.05) is 0 Å². The molecule has 0 saturated heterocycles. The highest BCUT2D eigenvalue weighted by Gasteiger charge is 2.28. The first kappa shape index (κ1) is 19.2. The molecule has 0 heterocycles. The number of alkyl carbamates (subject to hydrolysis) is 1. The molecular formula is C15H20N2O7. The number of phenols is 1. The van der Waals surface area contributed by atoms with Crippen molar-refractivity contribution in [3.8, 4) is 5.75 Å². The van der Waals surface area contributed by atoms with Crippen molar-refractivity contribution < 1.29 is 29.1 Å². The number of nitrogens with zero attached hydrogens (tertiary/aromatic N) is 1. The largest absolute Gasteiger partial charge is 0.508 e. The lowest BCUT2D eigenvalue weighted by molar-refractivity contribution is -0.385. The summed E-state index contributed by atoms with van der Waals surface area (Å²) in [5, 5.41) is 22.8. The second kappa shape index (κ2) is 7.62. The Kier molecular flexibility index (Phi) is 6.10. The highest BCUT2D eigenvalue weighted by molar-refractivity contribution is 5.81. The summed E-state index contributed by atoms with van der Waals surface area (Å²) < 4.78 is 9.68. The number of esters is 1. The standard InChI is InChI=1S/C15H20N2O7/c1-15(2,3)24-14(20)16-11(13(19)23-4)7-9-5-6-10(18)8-12(9)17(21)22/h5-6,8,11,18H,7H2,1-4H3,(H,16,20)/t11-/m0/s1. The van der Waals surface area contributed by atoms with Gasteiger partial charge in [0.2, 0.25) is 0 Å². The van der Waals surface area contributed by atoms with Gasteiger partial charge in [0.25, 0.3) is 5.69 Å². The van der Waals surface area contributed by atoms with E-state index < -0.39 is 28.6 Å². The normalized spacial score (nSPS) is 12.2. The molecule has 0 bridgehead atoms. The van der Waals surface area contributed by atoms with E-state index in [0.717, 1.165) is 13.2 Å². The average molecular weight is 340 g/mol. The molecule has 9 heteroatoms. The first-order chi connectivity index (χ1) is 11.0. The van der Waals surface area contributed by atoms with Crippen LogP contribution in [-0.4, -0.2) is 40.8 Å². The molecule has 9 nitrogen and oxygen atoms in total. The number of carbonyl (C=O) groups excluding carboxylic acids is 2. The van der Waals surface area contributed by atoms with E-state index >= 15 is 0 Å². The fourth-order valence-electron chi connectivity index (χ4n) is 1.90. The number of hydrogen-bond acceptors (Lipinski definition) is 7. The lowest BCUT2D eigenvalue weighted by Gasteiger charge is -2.22. The molecule has 24 heavy (non-hydrogen) atoms. The van der Waals surface area contributed by atoms with Crippen LogP contribution in [0.15, 0.2) is 18.2 Å². The zero-order chi connectivity index (χ0) is 18.5. The van der Waals surface area contributed by atoms with Crippen LogP contribution in [0.2, 0.25) is 0 Å². The molecule has 1 atom stereocenters. The second-order valence-electron chi connectivity index (χ2n) is 6.00. The van der Waals surface area contributed by atoms with Gasteiger partial charge in [-0.05, 0) is 32.9 Å². The van der Waals surface area contributed by atoms with E-state index in [1.54, 1.807) is 20.8 Å². The van der Waals surface area contributed by atoms with E-state index in [-0.39, 0.29) is 23.4 Å². The Bertz CT molecular complexity index is 637. The van der Waals surface area contributed by atoms with Crippen molar-refractivity contribution >= 4 is 17.7 Å². The van der Waals surface area contributed by atoms with Crippen LogP contribution in [0.4, 0.5) is 10.5 Å². The number of nitrogens with one attached hydrogen (secondary N) is 1. The highest BCUT2D eigenvalue weighted by Crippen LogP contribution is 2.25. The van der Waals surface area contributed by atoms with Crippen LogP contribution in [0.5, 0.6) is 5.75 Å². The molecule has 1 amide bonds. The van der Waals surface area contributed by atoms with Gasteiger partial charge < -0.3 is 19.9 Å². The molecule has 2 N–H and O–H groups in total. The third-order valence-corrected chi connectivity index (χ3v) is 2.87. The fraction of sp³-hybridized carbons (Fsp3) is 0.467. The number of phenolic OH excluding ortho intramolecular Hbond substituents is 1. The van der Waals surface area contributed by atoms with E-state index in [9.17, 15) is 24.8 Å². The molecule has 1 rings (SSSR count). The van der Waals surface area contributed by atoms with E-state index in [1.807, 2.05) is 0 Å². The van der Waals surface area contributed by atoms with Crippen molar-refractivity contribution in [3.05, 3.63) is 33.9 Å². The summed E-state index contributed by atoms with van der Waals surface area (Å²) in [6, 6.07) is 2.36. The van der Waals surface area contributed by atoms with E-state index in [0.29, 0.717) is 0 Å². The van der Waals surface area contributed by atoms with Crippen LogP contribution in [0.1, 0.15) is 26.3 Å². The van der Waals surface area contributed by atoms with Crippen molar-refractivity contribution in [2.75, 3.05) is 7.11 Å². The van der Waals surface area contributed by atoms with Crippen LogP contribution in [-0.2, 0) is 20.7 Å². The molecule has 0 spiro atoms. The number of methoxy groups -OCH3 is 1. The van der Waals surface area contributed by atoms with E-state index in [1.165, 1.54) is 12.1 Å². The quantitative estimate of drug-likeness (QED) is 0.476. The lowest BCUT2D eigenvalue weighted by atomic mass is 10.0. The molecule has 1 aromatic carbocycles. The predicted molar refractivity (Wildman–Crippen MR) is 83.6 cm³/mol. The topological polar surface area (TPSA) is 128 Å². The van der Waals surface area contributed by atoms with Crippen LogP contribution >= 0.6 is 0 Å². The minimum absolute atomic E-state index is 0.157. The predicted octanol–water partition coefficient (Wildman–Crippen LogP) is 1.91. The molecule has 0 unspecified atom stereocenters. The van der Waals surface area contributed by atoms with Gasteiger partial charge in [-0.3, -0.25) is 10.1 Å². The SMILES string of the molecule is COC(=O)[C@H](Cc1ccc(O)cc1[N+](=O)[O-])NC(=O)OC(C)(C)C. The van der Waals surface area contributed by atoms with Crippen molar-refractivity contribution in [1.29, 1.82) is 0 Å². The van der Waals surface area contributed by atoms with Gasteiger partial charge in [0.1, 0.15) is 17.4 Å². The minimum Gasteiger partial charge on any atom is -0.508 e. The van der Waals surface area contributed by atoms with E-state index in [2.05, 4.69) is 10.1 Å². The smallest absolute Gasteiger partial charge is 0.408 e. The number of carbonyl (C=O) groups is 2. The summed E-state index contributed by atoms with van der Waals surface area (Å²) in [5.41, 5.74) is -0.978. The Morgan fingerprint density at radius 1 is 1.38 bits per heavy atom. The number of nitro groups is 1. The van der Waals surface area contributed by atoms with Gasteiger partial charge in [0.15, 0.2) is 0 Å². The van der Waals surface area contributed by atoms with Gasteiger partial charge in [0.05, 0.1) is 18.1 Å². The fourth-order valence-corrected chi connectivity index (χ4v) is 1.90. The summed E-state index contributed by atoms with van der Waals surface area (Å²) >= 11 is 0. The van der Waals surface area contributed by atoms with Gasteiger partial charge >= 0.3 is 12.1 Å². The Labute approximate surface area is 138 Å². The number of rotatable bonds is 5. The van der Waals surface area contributed by atoms with Gasteiger partial charge in [0, 0.05) is 12.0 Å². The van der Waals surface area contributed by atoms with Crippen molar-refractivity contribution in [1.82, 2.24) is 5.32 Å². The lowest BCUT2D eigenvalue weighted by Crippen LogP contribution is -2.45. The zero-order valence-electron chi connectivity index (χ0n) is 13.9. The van der Waals surface area contributed by atoms with Crippen LogP contribution in [0.3, 0.4) is 0 Å². The summed E-state index contributed by atoms with van der Waals surface area (Å²) in [4.78, 5) is 34.1. The van der Waals surface area contributed by atoms with Gasteiger partial charge in [-0.25, -0.2) is 9.59 Å². The highest BCUT2D eigenvalue weighted by atomic mass is 16.6. The summed E-state index contributed by atoms with van der Waals surface area (Å²) in [6.07, 6.45) is -1.04. The molecule has 0 fully saturated rings. The zero-order valence-corrected chi connectivity index (χ0v) is 13.9. The van der Waals surface area contributed by atoms with Gasteiger partial charge in [-0.2, -0.15) is 0 Å².